The maximum atomic E-state index is 12.0. The van der Waals surface area contributed by atoms with Gasteiger partial charge in [0.1, 0.15) is 5.75 Å². The first-order valence-corrected chi connectivity index (χ1v) is 9.55. The van der Waals surface area contributed by atoms with Gasteiger partial charge in [-0.15, -0.1) is 11.3 Å². The fraction of sp³-hybridized carbons (Fsp3) is 0.105. The lowest BCUT2D eigenvalue weighted by atomic mass is 10.2. The van der Waals surface area contributed by atoms with E-state index in [9.17, 15) is 9.59 Å². The minimum Gasteiger partial charge on any atom is -0.497 e. The number of carbonyl (C=O) groups is 2. The Bertz CT molecular complexity index is 956. The Morgan fingerprint density at radius 1 is 1.15 bits per heavy atom. The van der Waals surface area contributed by atoms with E-state index in [1.165, 1.54) is 11.3 Å². The molecule has 0 spiro atoms. The zero-order valence-corrected chi connectivity index (χ0v) is 16.7. The molecule has 138 valence electrons. The van der Waals surface area contributed by atoms with E-state index in [2.05, 4.69) is 26.2 Å². The molecule has 1 amide bonds. The number of ether oxygens (including phenoxy) is 2. The Balaban J connectivity index is 1.56. The number of aromatic nitrogens is 1. The second kappa shape index (κ2) is 8.79. The number of halogens is 1. The number of benzene rings is 2. The van der Waals surface area contributed by atoms with Gasteiger partial charge >= 0.3 is 5.97 Å². The van der Waals surface area contributed by atoms with Gasteiger partial charge < -0.3 is 9.47 Å². The van der Waals surface area contributed by atoms with Gasteiger partial charge in [-0.05, 0) is 52.3 Å². The van der Waals surface area contributed by atoms with Crippen LogP contribution < -0.4 is 10.1 Å². The van der Waals surface area contributed by atoms with Gasteiger partial charge in [-0.2, -0.15) is 0 Å². The molecule has 0 aliphatic carbocycles. The maximum absolute atomic E-state index is 12.0. The number of esters is 1. The van der Waals surface area contributed by atoms with E-state index in [0.717, 1.165) is 17.0 Å². The van der Waals surface area contributed by atoms with Crippen LogP contribution in [0.2, 0.25) is 0 Å². The van der Waals surface area contributed by atoms with Crippen LogP contribution in [0.15, 0.2) is 58.4 Å². The number of amides is 1. The number of anilines is 1. The van der Waals surface area contributed by atoms with Gasteiger partial charge in [0.25, 0.3) is 5.91 Å². The van der Waals surface area contributed by atoms with E-state index < -0.39 is 18.5 Å². The van der Waals surface area contributed by atoms with Crippen molar-refractivity contribution in [2.45, 2.75) is 0 Å². The lowest BCUT2D eigenvalue weighted by Crippen LogP contribution is -2.21. The Labute approximate surface area is 168 Å². The highest BCUT2D eigenvalue weighted by molar-refractivity contribution is 9.10. The van der Waals surface area contributed by atoms with E-state index in [1.54, 1.807) is 31.4 Å². The van der Waals surface area contributed by atoms with Gasteiger partial charge in [-0.25, -0.2) is 9.78 Å². The lowest BCUT2D eigenvalue weighted by molar-refractivity contribution is -0.119. The van der Waals surface area contributed by atoms with E-state index in [1.807, 2.05) is 29.6 Å². The van der Waals surface area contributed by atoms with Crippen molar-refractivity contribution in [3.8, 4) is 17.0 Å². The molecule has 0 bridgehead atoms. The van der Waals surface area contributed by atoms with Crippen LogP contribution in [0.4, 0.5) is 5.13 Å². The first-order valence-electron chi connectivity index (χ1n) is 7.88. The van der Waals surface area contributed by atoms with Crippen molar-refractivity contribution in [3.63, 3.8) is 0 Å². The van der Waals surface area contributed by atoms with E-state index in [4.69, 9.17) is 9.47 Å². The maximum Gasteiger partial charge on any atom is 0.339 e. The largest absolute Gasteiger partial charge is 0.497 e. The van der Waals surface area contributed by atoms with E-state index >= 15 is 0 Å². The van der Waals surface area contributed by atoms with Crippen LogP contribution >= 0.6 is 27.3 Å². The summed E-state index contributed by atoms with van der Waals surface area (Å²) in [5.74, 6) is -0.268. The normalized spacial score (nSPS) is 10.3. The highest BCUT2D eigenvalue weighted by Gasteiger charge is 2.14. The summed E-state index contributed by atoms with van der Waals surface area (Å²) in [6, 6.07) is 14.3. The molecule has 8 heteroatoms. The molecule has 0 saturated carbocycles. The first kappa shape index (κ1) is 19.1. The number of rotatable bonds is 6. The molecule has 3 aromatic rings. The molecular formula is C19H15BrN2O4S. The average Bonchev–Trinajstić information content (AvgIpc) is 3.15. The smallest absolute Gasteiger partial charge is 0.339 e. The fourth-order valence-electron chi connectivity index (χ4n) is 2.22. The standard InChI is InChI=1S/C19H15BrN2O4S/c1-25-13-8-6-12(7-9-13)16-11-27-19(21-16)22-17(23)10-26-18(24)14-4-2-3-5-15(14)20/h2-9,11H,10H2,1H3,(H,21,22,23). The van der Waals surface area contributed by atoms with Gasteiger partial charge in [0.05, 0.1) is 18.4 Å². The number of methoxy groups -OCH3 is 1. The van der Waals surface area contributed by atoms with Crippen LogP contribution in [0.3, 0.4) is 0 Å². The minimum absolute atomic E-state index is 0.362. The van der Waals surface area contributed by atoms with Crippen molar-refractivity contribution < 1.29 is 19.1 Å². The van der Waals surface area contributed by atoms with Gasteiger partial charge in [-0.3, -0.25) is 10.1 Å². The molecule has 0 radical (unpaired) electrons. The van der Waals surface area contributed by atoms with Crippen molar-refractivity contribution in [3.05, 3.63) is 63.9 Å². The molecule has 0 saturated heterocycles. The average molecular weight is 447 g/mol. The molecule has 1 heterocycles. The van der Waals surface area contributed by atoms with Crippen LogP contribution in [0.1, 0.15) is 10.4 Å². The van der Waals surface area contributed by atoms with Crippen LogP contribution in [-0.4, -0.2) is 30.6 Å². The number of hydrogen-bond acceptors (Lipinski definition) is 6. The monoisotopic (exact) mass is 446 g/mol. The van der Waals surface area contributed by atoms with E-state index in [-0.39, 0.29) is 0 Å². The lowest BCUT2D eigenvalue weighted by Gasteiger charge is -2.06. The zero-order valence-electron chi connectivity index (χ0n) is 14.3. The van der Waals surface area contributed by atoms with E-state index in [0.29, 0.717) is 15.2 Å². The molecule has 2 aromatic carbocycles. The summed E-state index contributed by atoms with van der Waals surface area (Å²) < 4.78 is 10.8. The third-order valence-electron chi connectivity index (χ3n) is 3.56. The Hall–Kier alpha value is -2.71. The molecule has 0 unspecified atom stereocenters. The van der Waals surface area contributed by atoms with Gasteiger partial charge in [0, 0.05) is 15.4 Å². The third-order valence-corrected chi connectivity index (χ3v) is 5.01. The van der Waals surface area contributed by atoms with Gasteiger partial charge in [0.15, 0.2) is 11.7 Å². The first-order chi connectivity index (χ1) is 13.1. The van der Waals surface area contributed by atoms with Crippen molar-refractivity contribution in [2.75, 3.05) is 19.0 Å². The highest BCUT2D eigenvalue weighted by Crippen LogP contribution is 2.26. The zero-order chi connectivity index (χ0) is 19.2. The number of hydrogen-bond donors (Lipinski definition) is 1. The fourth-order valence-corrected chi connectivity index (χ4v) is 3.40. The predicted molar refractivity (Wildman–Crippen MR) is 107 cm³/mol. The van der Waals surface area contributed by atoms with Crippen LogP contribution in [0, 0.1) is 0 Å². The number of thiazole rings is 1. The van der Waals surface area contributed by atoms with Crippen molar-refractivity contribution in [1.29, 1.82) is 0 Å². The quantitative estimate of drug-likeness (QED) is 0.568. The molecule has 6 nitrogen and oxygen atoms in total. The molecule has 1 N–H and O–H groups in total. The Morgan fingerprint density at radius 2 is 1.89 bits per heavy atom. The third kappa shape index (κ3) is 4.93. The van der Waals surface area contributed by atoms with Crippen LogP contribution in [0.5, 0.6) is 5.75 Å². The number of nitrogens with zero attached hydrogens (tertiary/aromatic N) is 1. The van der Waals surface area contributed by atoms with Crippen LogP contribution in [0.25, 0.3) is 11.3 Å². The molecule has 0 aliphatic heterocycles. The number of carbonyl (C=O) groups excluding carboxylic acids is 2. The molecule has 0 atom stereocenters. The predicted octanol–water partition coefficient (Wildman–Crippen LogP) is 4.38. The minimum atomic E-state index is -0.573. The van der Waals surface area contributed by atoms with Crippen LogP contribution in [-0.2, 0) is 9.53 Å². The summed E-state index contributed by atoms with van der Waals surface area (Å²) in [6.07, 6.45) is 0. The molecular weight excluding hydrogens is 432 g/mol. The SMILES string of the molecule is COc1ccc(-c2csc(NC(=O)COC(=O)c3ccccc3Br)n2)cc1. The Kier molecular flexibility index (Phi) is 6.20. The molecule has 27 heavy (non-hydrogen) atoms. The van der Waals surface area contributed by atoms with Gasteiger partial charge in [0.2, 0.25) is 0 Å². The molecule has 0 aliphatic rings. The molecule has 0 fully saturated rings. The summed E-state index contributed by atoms with van der Waals surface area (Å²) in [7, 11) is 1.61. The summed E-state index contributed by atoms with van der Waals surface area (Å²) in [5.41, 5.74) is 2.01. The summed E-state index contributed by atoms with van der Waals surface area (Å²) in [5, 5.41) is 4.90. The molecule has 3 rings (SSSR count). The van der Waals surface area contributed by atoms with Crippen molar-refractivity contribution in [1.82, 2.24) is 4.98 Å². The second-order valence-electron chi connectivity index (χ2n) is 5.37. The van der Waals surface area contributed by atoms with Crippen molar-refractivity contribution in [2.24, 2.45) is 0 Å². The highest BCUT2D eigenvalue weighted by atomic mass is 79.9. The summed E-state index contributed by atoms with van der Waals surface area (Å²) in [6.45, 7) is -0.391. The van der Waals surface area contributed by atoms with Gasteiger partial charge in [-0.1, -0.05) is 12.1 Å². The topological polar surface area (TPSA) is 77.5 Å². The Morgan fingerprint density at radius 3 is 2.59 bits per heavy atom. The van der Waals surface area contributed by atoms with Crippen molar-refractivity contribution >= 4 is 44.3 Å². The second-order valence-corrected chi connectivity index (χ2v) is 7.08. The summed E-state index contributed by atoms with van der Waals surface area (Å²) >= 11 is 4.57. The summed E-state index contributed by atoms with van der Waals surface area (Å²) in [4.78, 5) is 28.4. The molecule has 1 aromatic heterocycles. The number of nitrogens with one attached hydrogen (secondary N) is 1.